The van der Waals surface area contributed by atoms with Gasteiger partial charge in [-0.05, 0) is 22.8 Å². The number of rotatable bonds is 6. The van der Waals surface area contributed by atoms with Gasteiger partial charge in [0.2, 0.25) is 11.7 Å². The summed E-state index contributed by atoms with van der Waals surface area (Å²) in [7, 11) is 0. The van der Waals surface area contributed by atoms with Crippen molar-refractivity contribution < 1.29 is 27.7 Å². The highest BCUT2D eigenvalue weighted by atomic mass is 35.5. The van der Waals surface area contributed by atoms with Gasteiger partial charge in [0.25, 0.3) is 6.54 Å². The number of amides is 1. The second-order valence-corrected chi connectivity index (χ2v) is 5.74. The molecule has 0 heterocycles. The Bertz CT molecular complexity index is 883. The van der Waals surface area contributed by atoms with Crippen LogP contribution in [0.15, 0.2) is 42.5 Å². The van der Waals surface area contributed by atoms with E-state index in [0.29, 0.717) is 5.56 Å². The van der Waals surface area contributed by atoms with Crippen LogP contribution in [0.1, 0.15) is 21.5 Å². The number of hydrogen-bond donors (Lipinski definition) is 1. The molecule has 27 heavy (non-hydrogen) atoms. The van der Waals surface area contributed by atoms with Crippen molar-refractivity contribution in [2.75, 3.05) is 6.54 Å². The monoisotopic (exact) mass is 400 g/mol. The quantitative estimate of drug-likeness (QED) is 0.347. The number of nitrogens with one attached hydrogen (secondary N) is 1. The summed E-state index contributed by atoms with van der Waals surface area (Å²) in [6.07, 6.45) is -5.22. The van der Waals surface area contributed by atoms with Gasteiger partial charge >= 0.3 is 6.18 Å². The second kappa shape index (κ2) is 8.17. The Labute approximate surface area is 156 Å². The standard InChI is InChI=1S/C17H12ClF3N2O4/c18-22-16(25)8-13-6-5-12(7-14(13)17(19,20)21)10-1-3-11(4-2-10)15(24)9-23(26)27/h1-7H,8-9H2,(H,22,25). The van der Waals surface area contributed by atoms with Gasteiger partial charge in [0.15, 0.2) is 0 Å². The van der Waals surface area contributed by atoms with Crippen LogP contribution in [0.25, 0.3) is 11.1 Å². The smallest absolute Gasteiger partial charge is 0.287 e. The summed E-state index contributed by atoms with van der Waals surface area (Å²) in [4.78, 5) is 34.3. The summed E-state index contributed by atoms with van der Waals surface area (Å²) in [5.74, 6) is -1.48. The Kier molecular flexibility index (Phi) is 6.17. The highest BCUT2D eigenvalue weighted by Gasteiger charge is 2.34. The van der Waals surface area contributed by atoms with E-state index in [4.69, 9.17) is 11.8 Å². The third-order valence-electron chi connectivity index (χ3n) is 3.68. The Morgan fingerprint density at radius 1 is 1.07 bits per heavy atom. The van der Waals surface area contributed by atoms with Gasteiger partial charge in [-0.15, -0.1) is 0 Å². The molecular formula is C17H12ClF3N2O4. The van der Waals surface area contributed by atoms with Gasteiger partial charge in [-0.25, -0.2) is 0 Å². The number of nitro groups is 1. The lowest BCUT2D eigenvalue weighted by Crippen LogP contribution is -2.18. The maximum absolute atomic E-state index is 13.3. The number of hydrogen-bond acceptors (Lipinski definition) is 4. The topological polar surface area (TPSA) is 89.3 Å². The number of alkyl halides is 3. The van der Waals surface area contributed by atoms with E-state index < -0.39 is 41.3 Å². The molecule has 0 atom stereocenters. The molecule has 0 saturated heterocycles. The molecule has 0 aromatic heterocycles. The van der Waals surface area contributed by atoms with Crippen LogP contribution in [0.4, 0.5) is 13.2 Å². The van der Waals surface area contributed by atoms with Crippen molar-refractivity contribution in [3.8, 4) is 11.1 Å². The average Bonchev–Trinajstić information content (AvgIpc) is 2.60. The van der Waals surface area contributed by atoms with Crippen molar-refractivity contribution >= 4 is 23.5 Å². The van der Waals surface area contributed by atoms with Crippen molar-refractivity contribution in [3.05, 3.63) is 69.3 Å². The summed E-state index contributed by atoms with van der Waals surface area (Å²) < 4.78 is 40.0. The predicted molar refractivity (Wildman–Crippen MR) is 90.8 cm³/mol. The first kappa shape index (κ1) is 20.4. The van der Waals surface area contributed by atoms with E-state index in [0.717, 1.165) is 6.07 Å². The number of halogens is 4. The summed E-state index contributed by atoms with van der Waals surface area (Å²) >= 11 is 5.12. The lowest BCUT2D eigenvalue weighted by Gasteiger charge is -2.14. The zero-order valence-corrected chi connectivity index (χ0v) is 14.3. The van der Waals surface area contributed by atoms with Crippen LogP contribution >= 0.6 is 11.8 Å². The summed E-state index contributed by atoms with van der Waals surface area (Å²) in [6.45, 7) is -0.866. The fraction of sp³-hybridized carbons (Fsp3) is 0.176. The predicted octanol–water partition coefficient (Wildman–Crippen LogP) is 3.64. The van der Waals surface area contributed by atoms with E-state index >= 15 is 0 Å². The molecule has 2 aromatic carbocycles. The Morgan fingerprint density at radius 3 is 2.19 bits per heavy atom. The minimum atomic E-state index is -4.68. The van der Waals surface area contributed by atoms with E-state index in [1.807, 2.05) is 0 Å². The van der Waals surface area contributed by atoms with E-state index in [2.05, 4.69) is 0 Å². The van der Waals surface area contributed by atoms with Crippen LogP contribution in [-0.4, -0.2) is 23.2 Å². The van der Waals surface area contributed by atoms with Crippen molar-refractivity contribution in [2.24, 2.45) is 0 Å². The molecule has 1 amide bonds. The maximum Gasteiger partial charge on any atom is 0.416 e. The molecule has 0 unspecified atom stereocenters. The van der Waals surface area contributed by atoms with E-state index in [1.54, 1.807) is 4.84 Å². The highest BCUT2D eigenvalue weighted by molar-refractivity contribution is 6.21. The molecular weight excluding hydrogens is 389 g/mol. The van der Waals surface area contributed by atoms with Crippen LogP contribution in [0, 0.1) is 10.1 Å². The van der Waals surface area contributed by atoms with Gasteiger partial charge in [-0.1, -0.05) is 36.4 Å². The zero-order chi connectivity index (χ0) is 20.2. The van der Waals surface area contributed by atoms with Crippen molar-refractivity contribution in [1.29, 1.82) is 0 Å². The van der Waals surface area contributed by atoms with Crippen molar-refractivity contribution in [1.82, 2.24) is 4.84 Å². The molecule has 0 saturated carbocycles. The molecule has 6 nitrogen and oxygen atoms in total. The third-order valence-corrected chi connectivity index (χ3v) is 3.90. The van der Waals surface area contributed by atoms with Crippen molar-refractivity contribution in [3.63, 3.8) is 0 Å². The molecule has 0 radical (unpaired) electrons. The normalized spacial score (nSPS) is 11.1. The zero-order valence-electron chi connectivity index (χ0n) is 13.5. The molecule has 0 aliphatic rings. The number of benzene rings is 2. The summed E-state index contributed by atoms with van der Waals surface area (Å²) in [6, 6.07) is 8.88. The first-order valence-corrected chi connectivity index (χ1v) is 7.84. The van der Waals surface area contributed by atoms with Crippen LogP contribution < -0.4 is 4.84 Å². The molecule has 142 valence electrons. The Balaban J connectivity index is 2.37. The number of nitrogens with zero attached hydrogens (tertiary/aromatic N) is 1. The largest absolute Gasteiger partial charge is 0.416 e. The fourth-order valence-electron chi connectivity index (χ4n) is 2.44. The Hall–Kier alpha value is -2.94. The molecule has 10 heteroatoms. The van der Waals surface area contributed by atoms with Crippen LogP contribution in [-0.2, 0) is 17.4 Å². The first-order chi connectivity index (χ1) is 12.6. The molecule has 0 aliphatic carbocycles. The maximum atomic E-state index is 13.3. The molecule has 0 aliphatic heterocycles. The van der Waals surface area contributed by atoms with E-state index in [1.165, 1.54) is 36.4 Å². The average molecular weight is 401 g/mol. The summed E-state index contributed by atoms with van der Waals surface area (Å²) in [5, 5.41) is 10.4. The van der Waals surface area contributed by atoms with Gasteiger partial charge in [0, 0.05) is 22.3 Å². The highest BCUT2D eigenvalue weighted by Crippen LogP contribution is 2.35. The molecule has 0 bridgehead atoms. The van der Waals surface area contributed by atoms with Gasteiger partial charge < -0.3 is 0 Å². The van der Waals surface area contributed by atoms with Gasteiger partial charge in [0.05, 0.1) is 12.0 Å². The van der Waals surface area contributed by atoms with Gasteiger partial charge in [0.1, 0.15) is 0 Å². The lowest BCUT2D eigenvalue weighted by molar-refractivity contribution is -0.465. The summed E-state index contributed by atoms with van der Waals surface area (Å²) in [5.41, 5.74) is -0.532. The number of Topliss-reactive ketones (excluding diaryl/α,β-unsaturated/α-hetero) is 1. The molecule has 0 spiro atoms. The second-order valence-electron chi connectivity index (χ2n) is 5.56. The van der Waals surface area contributed by atoms with E-state index in [9.17, 15) is 32.9 Å². The first-order valence-electron chi connectivity index (χ1n) is 7.47. The van der Waals surface area contributed by atoms with Crippen LogP contribution in [0.3, 0.4) is 0 Å². The van der Waals surface area contributed by atoms with Crippen molar-refractivity contribution in [2.45, 2.75) is 12.6 Å². The number of carbonyl (C=O) groups is 2. The lowest BCUT2D eigenvalue weighted by atomic mass is 9.96. The number of carbonyl (C=O) groups excluding carboxylic acids is 2. The molecule has 2 aromatic rings. The van der Waals surface area contributed by atoms with Gasteiger partial charge in [-0.3, -0.25) is 24.5 Å². The SMILES string of the molecule is O=C(Cc1ccc(-c2ccc(C(=O)C[N+](=O)[O-])cc2)cc1C(F)(F)F)NCl. The van der Waals surface area contributed by atoms with E-state index in [-0.39, 0.29) is 16.7 Å². The molecule has 2 rings (SSSR count). The molecule has 1 N–H and O–H groups in total. The van der Waals surface area contributed by atoms with Crippen LogP contribution in [0.2, 0.25) is 0 Å². The Morgan fingerprint density at radius 2 is 1.67 bits per heavy atom. The van der Waals surface area contributed by atoms with Gasteiger partial charge in [-0.2, -0.15) is 13.2 Å². The minimum absolute atomic E-state index is 0.0851. The fourth-order valence-corrected chi connectivity index (χ4v) is 2.50. The minimum Gasteiger partial charge on any atom is -0.287 e. The number of ketones is 1. The molecule has 0 fully saturated rings. The third kappa shape index (κ3) is 5.27. The van der Waals surface area contributed by atoms with Crippen LogP contribution in [0.5, 0.6) is 0 Å².